The molecule has 0 unspecified atom stereocenters. The van der Waals surface area contributed by atoms with Crippen LogP contribution in [0.2, 0.25) is 0 Å². The molecule has 1 aromatic heterocycles. The van der Waals surface area contributed by atoms with E-state index in [0.29, 0.717) is 40.7 Å². The monoisotopic (exact) mass is 384 g/mol. The van der Waals surface area contributed by atoms with E-state index in [2.05, 4.69) is 10.2 Å². The average Bonchev–Trinajstić information content (AvgIpc) is 3.44. The third kappa shape index (κ3) is 3.57. The molecule has 5 rings (SSSR count). The highest BCUT2D eigenvalue weighted by atomic mass is 32.2. The Labute approximate surface area is 159 Å². The second-order valence-electron chi connectivity index (χ2n) is 6.69. The number of hydrogen-bond donors (Lipinski definition) is 0. The topological polar surface area (TPSA) is 57.4 Å². The lowest BCUT2D eigenvalue weighted by Crippen LogP contribution is -2.19. The molecule has 1 aliphatic heterocycles. The maximum atomic E-state index is 14.0. The normalized spacial score (nSPS) is 18.8. The molecule has 0 bridgehead atoms. The van der Waals surface area contributed by atoms with Gasteiger partial charge in [0, 0.05) is 28.4 Å². The van der Waals surface area contributed by atoms with E-state index in [1.165, 1.54) is 23.9 Å². The Kier molecular flexibility index (Phi) is 4.33. The summed E-state index contributed by atoms with van der Waals surface area (Å²) in [5.74, 6) is 1.96. The fraction of sp³-hybridized carbons (Fsp3) is 0.300. The van der Waals surface area contributed by atoms with Crippen LogP contribution in [0.15, 0.2) is 52.1 Å². The summed E-state index contributed by atoms with van der Waals surface area (Å²) < 4.78 is 31.6. The molecule has 1 atom stereocenters. The summed E-state index contributed by atoms with van der Waals surface area (Å²) in [6, 6.07) is 12.7. The number of thioether (sulfide) groups is 1. The maximum Gasteiger partial charge on any atom is 0.276 e. The zero-order chi connectivity index (χ0) is 18.2. The predicted octanol–water partition coefficient (Wildman–Crippen LogP) is 4.99. The first kappa shape index (κ1) is 16.8. The van der Waals surface area contributed by atoms with E-state index in [0.717, 1.165) is 24.0 Å². The van der Waals surface area contributed by atoms with Gasteiger partial charge in [0.1, 0.15) is 11.6 Å². The second-order valence-corrected chi connectivity index (χ2v) is 7.62. The summed E-state index contributed by atoms with van der Waals surface area (Å²) in [6.45, 7) is 0.302. The fourth-order valence-electron chi connectivity index (χ4n) is 3.07. The predicted molar refractivity (Wildman–Crippen MR) is 96.8 cm³/mol. The first-order chi connectivity index (χ1) is 13.3. The number of rotatable bonds is 5. The number of hydrogen-bond acceptors (Lipinski definition) is 6. The Morgan fingerprint density at radius 3 is 2.78 bits per heavy atom. The van der Waals surface area contributed by atoms with E-state index < -0.39 is 6.29 Å². The zero-order valence-electron chi connectivity index (χ0n) is 14.4. The quantitative estimate of drug-likeness (QED) is 0.578. The van der Waals surface area contributed by atoms with Crippen molar-refractivity contribution in [3.63, 3.8) is 0 Å². The Bertz CT molecular complexity index is 959. The minimum absolute atomic E-state index is 0.302. The molecule has 7 heteroatoms. The molecule has 5 nitrogen and oxygen atoms in total. The lowest BCUT2D eigenvalue weighted by Gasteiger charge is -2.28. The molecule has 1 saturated carbocycles. The van der Waals surface area contributed by atoms with Gasteiger partial charge in [0.2, 0.25) is 12.2 Å². The van der Waals surface area contributed by atoms with Gasteiger partial charge < -0.3 is 13.9 Å². The molecule has 0 N–H and O–H groups in total. The maximum absolute atomic E-state index is 14.0. The van der Waals surface area contributed by atoms with Gasteiger partial charge in [0.25, 0.3) is 5.22 Å². The van der Waals surface area contributed by atoms with Gasteiger partial charge in [-0.25, -0.2) is 4.39 Å². The molecule has 0 amide bonds. The molecule has 2 heterocycles. The van der Waals surface area contributed by atoms with Crippen molar-refractivity contribution in [1.82, 2.24) is 10.2 Å². The van der Waals surface area contributed by atoms with E-state index in [4.69, 9.17) is 13.9 Å². The van der Waals surface area contributed by atoms with Gasteiger partial charge in [0.05, 0.1) is 6.61 Å². The van der Waals surface area contributed by atoms with E-state index in [1.807, 2.05) is 30.3 Å². The van der Waals surface area contributed by atoms with Crippen molar-refractivity contribution in [2.24, 2.45) is 0 Å². The summed E-state index contributed by atoms with van der Waals surface area (Å²) in [4.78, 5) is 0. The Hall–Kier alpha value is -2.38. The molecular weight excluding hydrogens is 367 g/mol. The molecule has 1 aliphatic carbocycles. The number of nitrogens with zero attached hydrogens (tertiary/aromatic N) is 2. The average molecular weight is 384 g/mol. The lowest BCUT2D eigenvalue weighted by atomic mass is 10.1. The van der Waals surface area contributed by atoms with Crippen molar-refractivity contribution in [2.45, 2.75) is 42.6 Å². The Morgan fingerprint density at radius 2 is 1.96 bits per heavy atom. The number of halogens is 1. The van der Waals surface area contributed by atoms with E-state index in [-0.39, 0.29) is 5.82 Å². The molecule has 27 heavy (non-hydrogen) atoms. The molecule has 2 aromatic carbocycles. The van der Waals surface area contributed by atoms with E-state index in [1.54, 1.807) is 0 Å². The highest BCUT2D eigenvalue weighted by Crippen LogP contribution is 2.41. The molecule has 1 fully saturated rings. The van der Waals surface area contributed by atoms with Crippen LogP contribution >= 0.6 is 11.8 Å². The largest absolute Gasteiger partial charge is 0.460 e. The number of ether oxygens (including phenoxy) is 2. The van der Waals surface area contributed by atoms with Crippen LogP contribution in [-0.4, -0.2) is 10.2 Å². The second kappa shape index (κ2) is 6.98. The molecule has 3 aromatic rings. The molecule has 0 radical (unpaired) electrons. The first-order valence-electron chi connectivity index (χ1n) is 8.87. The highest BCUT2D eigenvalue weighted by molar-refractivity contribution is 7.98. The SMILES string of the molecule is Fc1cc2c(c(CSc3nnc(C4CC4)o3)c1)O[C@@H](c1ccccc1)OC2. The van der Waals surface area contributed by atoms with Crippen LogP contribution < -0.4 is 4.74 Å². The molecule has 0 spiro atoms. The standard InChI is InChI=1S/C20H17FN2O3S/c21-16-8-14-10-24-19(13-4-2-1-3-5-13)25-17(14)15(9-16)11-27-20-23-22-18(26-20)12-6-7-12/h1-5,8-9,12,19H,6-7,10-11H2/t19-/m0/s1. The van der Waals surface area contributed by atoms with Crippen molar-refractivity contribution in [2.75, 3.05) is 0 Å². The van der Waals surface area contributed by atoms with Crippen molar-refractivity contribution in [3.05, 3.63) is 70.9 Å². The Morgan fingerprint density at radius 1 is 1.11 bits per heavy atom. The summed E-state index contributed by atoms with van der Waals surface area (Å²) >= 11 is 1.39. The van der Waals surface area contributed by atoms with Crippen molar-refractivity contribution in [1.29, 1.82) is 0 Å². The number of aromatic nitrogens is 2. The van der Waals surface area contributed by atoms with Gasteiger partial charge >= 0.3 is 0 Å². The minimum Gasteiger partial charge on any atom is -0.460 e. The van der Waals surface area contributed by atoms with Crippen LogP contribution in [0.25, 0.3) is 0 Å². The smallest absolute Gasteiger partial charge is 0.276 e. The third-order valence-corrected chi connectivity index (χ3v) is 5.46. The van der Waals surface area contributed by atoms with E-state index in [9.17, 15) is 4.39 Å². The summed E-state index contributed by atoms with van der Waals surface area (Å²) in [6.07, 6.45) is 1.72. The summed E-state index contributed by atoms with van der Waals surface area (Å²) in [7, 11) is 0. The first-order valence-corrected chi connectivity index (χ1v) is 9.85. The molecule has 0 saturated heterocycles. The van der Waals surface area contributed by atoms with Gasteiger partial charge in [-0.1, -0.05) is 42.1 Å². The van der Waals surface area contributed by atoms with Crippen LogP contribution in [0.5, 0.6) is 5.75 Å². The van der Waals surface area contributed by atoms with Crippen molar-refractivity contribution < 1.29 is 18.3 Å². The number of benzene rings is 2. The third-order valence-electron chi connectivity index (χ3n) is 4.59. The van der Waals surface area contributed by atoms with Gasteiger partial charge in [0.15, 0.2) is 0 Å². The Balaban J connectivity index is 1.37. The van der Waals surface area contributed by atoms with Crippen molar-refractivity contribution in [3.8, 4) is 5.75 Å². The van der Waals surface area contributed by atoms with Gasteiger partial charge in [-0.3, -0.25) is 0 Å². The van der Waals surface area contributed by atoms with Crippen LogP contribution in [0, 0.1) is 5.82 Å². The van der Waals surface area contributed by atoms with Gasteiger partial charge in [-0.05, 0) is 25.0 Å². The van der Waals surface area contributed by atoms with Gasteiger partial charge in [-0.15, -0.1) is 10.2 Å². The summed E-state index contributed by atoms with van der Waals surface area (Å²) in [5.41, 5.74) is 2.39. The molecule has 138 valence electrons. The van der Waals surface area contributed by atoms with Crippen LogP contribution in [-0.2, 0) is 17.1 Å². The van der Waals surface area contributed by atoms with Crippen molar-refractivity contribution >= 4 is 11.8 Å². The summed E-state index contributed by atoms with van der Waals surface area (Å²) in [5, 5.41) is 8.66. The molecule has 2 aliphatic rings. The van der Waals surface area contributed by atoms with Gasteiger partial charge in [-0.2, -0.15) is 0 Å². The lowest BCUT2D eigenvalue weighted by molar-refractivity contribution is -0.112. The van der Waals surface area contributed by atoms with Crippen LogP contribution in [0.3, 0.4) is 0 Å². The fourth-order valence-corrected chi connectivity index (χ4v) is 3.81. The highest BCUT2D eigenvalue weighted by Gasteiger charge is 2.30. The zero-order valence-corrected chi connectivity index (χ0v) is 15.2. The van der Waals surface area contributed by atoms with Crippen LogP contribution in [0.1, 0.15) is 47.6 Å². The minimum atomic E-state index is -0.502. The van der Waals surface area contributed by atoms with E-state index >= 15 is 0 Å². The number of fused-ring (bicyclic) bond motifs is 1. The molecular formula is C20H17FN2O3S. The van der Waals surface area contributed by atoms with Crippen LogP contribution in [0.4, 0.5) is 4.39 Å².